The summed E-state index contributed by atoms with van der Waals surface area (Å²) < 4.78 is 37.3. The number of nitrogens with two attached hydrogens (primary N) is 1. The normalized spacial score (nSPS) is 23.6. The highest BCUT2D eigenvalue weighted by Crippen LogP contribution is 2.28. The highest BCUT2D eigenvalue weighted by molar-refractivity contribution is 5.76. The highest BCUT2D eigenvalue weighted by Gasteiger charge is 2.30. The minimum absolute atomic E-state index is 0.0497. The number of hydrogen-bond acceptors (Lipinski definition) is 1. The molecule has 1 amide bonds. The molecule has 6 heteroatoms. The summed E-state index contributed by atoms with van der Waals surface area (Å²) in [7, 11) is 0. The summed E-state index contributed by atoms with van der Waals surface area (Å²) in [4.78, 5) is 12.3. The number of rotatable bonds is 3. The first-order valence-electron chi connectivity index (χ1n) is 6.65. The molecular weight excluding hydrogens is 269 g/mol. The monoisotopic (exact) mass is 287 g/mol. The van der Waals surface area contributed by atoms with Crippen LogP contribution in [0.4, 0.5) is 13.2 Å². The summed E-state index contributed by atoms with van der Waals surface area (Å²) in [5.41, 5.74) is 5.53. The van der Waals surface area contributed by atoms with Crippen molar-refractivity contribution in [2.45, 2.75) is 25.6 Å². The van der Waals surface area contributed by atoms with E-state index in [0.717, 1.165) is 43.6 Å². The molecule has 1 heterocycles. The zero-order valence-corrected chi connectivity index (χ0v) is 11.0. The van der Waals surface area contributed by atoms with E-state index in [0.29, 0.717) is 6.54 Å². The first kappa shape index (κ1) is 14.8. The van der Waals surface area contributed by atoms with Crippen LogP contribution in [-0.2, 0) is 17.5 Å². The molecule has 1 aromatic carbocycles. The molecule has 1 aromatic rings. The molecule has 0 aliphatic carbocycles. The van der Waals surface area contributed by atoms with Crippen LogP contribution in [0.2, 0.25) is 0 Å². The number of halogens is 3. The van der Waals surface area contributed by atoms with Crippen LogP contribution in [0.15, 0.2) is 24.3 Å². The Balaban J connectivity index is 1.90. The van der Waals surface area contributed by atoms with Crippen molar-refractivity contribution in [1.29, 1.82) is 0 Å². The predicted molar refractivity (Wildman–Crippen MR) is 67.8 cm³/mol. The SMILES string of the molecule is NC(=O)C1CC[NH+](Cc2ccc(C(F)(F)F)cc2)CC1. The molecule has 1 aliphatic heterocycles. The van der Waals surface area contributed by atoms with Crippen LogP contribution < -0.4 is 10.6 Å². The lowest BCUT2D eigenvalue weighted by molar-refractivity contribution is -0.919. The molecule has 1 fully saturated rings. The van der Waals surface area contributed by atoms with Crippen molar-refractivity contribution in [3.63, 3.8) is 0 Å². The lowest BCUT2D eigenvalue weighted by Gasteiger charge is -2.27. The summed E-state index contributed by atoms with van der Waals surface area (Å²) in [5, 5.41) is 0. The minimum Gasteiger partial charge on any atom is -0.369 e. The van der Waals surface area contributed by atoms with Gasteiger partial charge >= 0.3 is 6.18 Å². The van der Waals surface area contributed by atoms with Crippen molar-refractivity contribution in [2.24, 2.45) is 11.7 Å². The standard InChI is InChI=1S/C14H17F3N2O/c15-14(16,17)12-3-1-10(2-4-12)9-19-7-5-11(6-8-19)13(18)20/h1-4,11H,5-9H2,(H2,18,20)/p+1. The molecule has 110 valence electrons. The van der Waals surface area contributed by atoms with Crippen LogP contribution in [0.25, 0.3) is 0 Å². The topological polar surface area (TPSA) is 47.5 Å². The van der Waals surface area contributed by atoms with Crippen molar-refractivity contribution in [3.8, 4) is 0 Å². The fourth-order valence-corrected chi connectivity index (χ4v) is 2.59. The number of likely N-dealkylation sites (tertiary alicyclic amines) is 1. The third kappa shape index (κ3) is 3.72. The van der Waals surface area contributed by atoms with Gasteiger partial charge in [-0.1, -0.05) is 12.1 Å². The first-order valence-corrected chi connectivity index (χ1v) is 6.65. The molecule has 0 radical (unpaired) electrons. The van der Waals surface area contributed by atoms with Crippen molar-refractivity contribution < 1.29 is 22.9 Å². The molecule has 2 rings (SSSR count). The predicted octanol–water partition coefficient (Wildman–Crippen LogP) is 0.986. The van der Waals surface area contributed by atoms with Crippen molar-refractivity contribution in [2.75, 3.05) is 13.1 Å². The van der Waals surface area contributed by atoms with E-state index < -0.39 is 11.7 Å². The van der Waals surface area contributed by atoms with Gasteiger partial charge in [-0.3, -0.25) is 4.79 Å². The fraction of sp³-hybridized carbons (Fsp3) is 0.500. The number of quaternary nitrogens is 1. The third-order valence-electron chi connectivity index (χ3n) is 3.83. The molecule has 3 N–H and O–H groups in total. The van der Waals surface area contributed by atoms with Gasteiger partial charge in [0.25, 0.3) is 0 Å². The zero-order valence-electron chi connectivity index (χ0n) is 11.0. The van der Waals surface area contributed by atoms with Gasteiger partial charge in [-0.15, -0.1) is 0 Å². The number of nitrogens with one attached hydrogen (secondary N) is 1. The second-order valence-corrected chi connectivity index (χ2v) is 5.30. The molecule has 0 saturated carbocycles. The number of benzene rings is 1. The van der Waals surface area contributed by atoms with Gasteiger partial charge in [-0.2, -0.15) is 13.2 Å². The third-order valence-corrected chi connectivity index (χ3v) is 3.83. The summed E-state index contributed by atoms with van der Waals surface area (Å²) in [6.07, 6.45) is -2.78. The molecule has 3 nitrogen and oxygen atoms in total. The van der Waals surface area contributed by atoms with Crippen LogP contribution in [0.5, 0.6) is 0 Å². The lowest BCUT2D eigenvalue weighted by atomic mass is 9.96. The number of carbonyl (C=O) groups is 1. The summed E-state index contributed by atoms with van der Waals surface area (Å²) in [6.45, 7) is 2.34. The van der Waals surface area contributed by atoms with Crippen molar-refractivity contribution in [3.05, 3.63) is 35.4 Å². The smallest absolute Gasteiger partial charge is 0.369 e. The number of piperidine rings is 1. The molecule has 1 aliphatic rings. The van der Waals surface area contributed by atoms with Gasteiger partial charge in [0.15, 0.2) is 0 Å². The number of amides is 1. The van der Waals surface area contributed by atoms with Gasteiger partial charge in [0.2, 0.25) is 5.91 Å². The van der Waals surface area contributed by atoms with E-state index in [1.807, 2.05) is 0 Å². The van der Waals surface area contributed by atoms with Crippen LogP contribution in [0, 0.1) is 5.92 Å². The number of primary amides is 1. The Labute approximate surface area is 115 Å². The van der Waals surface area contributed by atoms with Crippen LogP contribution in [0.1, 0.15) is 24.0 Å². The molecule has 0 unspecified atom stereocenters. The van der Waals surface area contributed by atoms with E-state index in [1.165, 1.54) is 17.0 Å². The van der Waals surface area contributed by atoms with Crippen molar-refractivity contribution >= 4 is 5.91 Å². The van der Waals surface area contributed by atoms with Gasteiger partial charge in [0, 0.05) is 24.3 Å². The molecule has 0 spiro atoms. The van der Waals surface area contributed by atoms with Gasteiger partial charge in [0.1, 0.15) is 6.54 Å². The Morgan fingerprint density at radius 2 is 1.75 bits per heavy atom. The van der Waals surface area contributed by atoms with Crippen LogP contribution in [-0.4, -0.2) is 19.0 Å². The maximum absolute atomic E-state index is 12.4. The van der Waals surface area contributed by atoms with Gasteiger partial charge in [-0.25, -0.2) is 0 Å². The van der Waals surface area contributed by atoms with E-state index in [1.54, 1.807) is 0 Å². The number of carbonyl (C=O) groups excluding carboxylic acids is 1. The summed E-state index contributed by atoms with van der Waals surface area (Å²) >= 11 is 0. The van der Waals surface area contributed by atoms with Crippen molar-refractivity contribution in [1.82, 2.24) is 0 Å². The summed E-state index contributed by atoms with van der Waals surface area (Å²) in [6, 6.07) is 5.28. The molecular formula is C14H18F3N2O+. The van der Waals surface area contributed by atoms with Gasteiger partial charge < -0.3 is 10.6 Å². The largest absolute Gasteiger partial charge is 0.416 e. The van der Waals surface area contributed by atoms with Gasteiger partial charge in [-0.05, 0) is 12.1 Å². The molecule has 1 saturated heterocycles. The fourth-order valence-electron chi connectivity index (χ4n) is 2.59. The van der Waals surface area contributed by atoms with E-state index in [-0.39, 0.29) is 11.8 Å². The van der Waals surface area contributed by atoms with Gasteiger partial charge in [0.05, 0.1) is 18.7 Å². The zero-order chi connectivity index (χ0) is 14.8. The van der Waals surface area contributed by atoms with Crippen LogP contribution >= 0.6 is 0 Å². The lowest BCUT2D eigenvalue weighted by Crippen LogP contribution is -3.11. The summed E-state index contributed by atoms with van der Waals surface area (Å²) in [5.74, 6) is -0.301. The van der Waals surface area contributed by atoms with E-state index in [2.05, 4.69) is 0 Å². The Morgan fingerprint density at radius 1 is 1.20 bits per heavy atom. The highest BCUT2D eigenvalue weighted by atomic mass is 19.4. The maximum atomic E-state index is 12.4. The molecule has 0 atom stereocenters. The quantitative estimate of drug-likeness (QED) is 0.855. The maximum Gasteiger partial charge on any atom is 0.416 e. The average molecular weight is 287 g/mol. The Bertz CT molecular complexity index is 462. The Hall–Kier alpha value is -1.56. The van der Waals surface area contributed by atoms with Crippen LogP contribution in [0.3, 0.4) is 0 Å². The molecule has 0 aromatic heterocycles. The van der Waals surface area contributed by atoms with E-state index in [4.69, 9.17) is 5.73 Å². The second kappa shape index (κ2) is 5.83. The van der Waals surface area contributed by atoms with E-state index >= 15 is 0 Å². The number of alkyl halides is 3. The number of hydrogen-bond donors (Lipinski definition) is 2. The second-order valence-electron chi connectivity index (χ2n) is 5.30. The minimum atomic E-state index is -4.29. The average Bonchev–Trinajstić information content (AvgIpc) is 2.39. The Kier molecular flexibility index (Phi) is 4.32. The van der Waals surface area contributed by atoms with E-state index in [9.17, 15) is 18.0 Å². The Morgan fingerprint density at radius 3 is 2.20 bits per heavy atom. The molecule has 0 bridgehead atoms. The first-order chi connectivity index (χ1) is 9.36. The molecule has 20 heavy (non-hydrogen) atoms.